The van der Waals surface area contributed by atoms with Crippen LogP contribution in [0.2, 0.25) is 0 Å². The van der Waals surface area contributed by atoms with Crippen molar-refractivity contribution in [2.75, 3.05) is 6.61 Å². The second kappa shape index (κ2) is 8.60. The van der Waals surface area contributed by atoms with Gasteiger partial charge in [0, 0.05) is 5.92 Å². The molecular formula is C25H22FNO4. The van der Waals surface area contributed by atoms with Crippen LogP contribution in [0.25, 0.3) is 11.1 Å². The molecule has 31 heavy (non-hydrogen) atoms. The minimum absolute atomic E-state index is 0.0676. The molecule has 5 nitrogen and oxygen atoms in total. The molecule has 1 N–H and O–H groups in total. The summed E-state index contributed by atoms with van der Waals surface area (Å²) in [6, 6.07) is 20.5. The lowest BCUT2D eigenvalue weighted by atomic mass is 9.98. The standard InChI is InChI=1S/C25H22FNO4/c1-16(24(28)29)27(14-17-7-6-8-18(26)13-17)25(30)31-15-23-21-11-4-2-9-19(21)20-10-3-5-12-22(20)23/h2-13,16,23H,14-15H2,1H3,(H,28,29). The molecule has 3 aromatic carbocycles. The molecule has 0 aliphatic heterocycles. The van der Waals surface area contributed by atoms with Crippen LogP contribution in [0.1, 0.15) is 29.5 Å². The van der Waals surface area contributed by atoms with Gasteiger partial charge in [0.1, 0.15) is 18.5 Å². The summed E-state index contributed by atoms with van der Waals surface area (Å²) < 4.78 is 19.2. The minimum Gasteiger partial charge on any atom is -0.480 e. The van der Waals surface area contributed by atoms with Gasteiger partial charge < -0.3 is 9.84 Å². The monoisotopic (exact) mass is 419 g/mol. The Balaban J connectivity index is 1.55. The third-order valence-corrected chi connectivity index (χ3v) is 5.64. The Morgan fingerprint density at radius 3 is 2.19 bits per heavy atom. The van der Waals surface area contributed by atoms with Crippen molar-refractivity contribution in [3.05, 3.63) is 95.3 Å². The van der Waals surface area contributed by atoms with Crippen molar-refractivity contribution in [2.45, 2.75) is 25.4 Å². The molecule has 0 spiro atoms. The van der Waals surface area contributed by atoms with E-state index >= 15 is 0 Å². The molecule has 6 heteroatoms. The fraction of sp³-hybridized carbons (Fsp3) is 0.200. The molecule has 1 unspecified atom stereocenters. The van der Waals surface area contributed by atoms with Crippen LogP contribution < -0.4 is 0 Å². The van der Waals surface area contributed by atoms with Crippen molar-refractivity contribution in [1.82, 2.24) is 4.90 Å². The van der Waals surface area contributed by atoms with Crippen molar-refractivity contribution < 1.29 is 23.8 Å². The van der Waals surface area contributed by atoms with E-state index in [4.69, 9.17) is 4.74 Å². The van der Waals surface area contributed by atoms with Crippen molar-refractivity contribution in [3.63, 3.8) is 0 Å². The Hall–Kier alpha value is -3.67. The lowest BCUT2D eigenvalue weighted by Crippen LogP contribution is -2.43. The van der Waals surface area contributed by atoms with Crippen LogP contribution in [0.4, 0.5) is 9.18 Å². The number of hydrogen-bond donors (Lipinski definition) is 1. The first kappa shape index (κ1) is 20.6. The fourth-order valence-corrected chi connectivity index (χ4v) is 4.00. The molecule has 1 aliphatic rings. The quantitative estimate of drug-likeness (QED) is 0.607. The van der Waals surface area contributed by atoms with Gasteiger partial charge in [-0.25, -0.2) is 14.0 Å². The minimum atomic E-state index is -1.16. The summed E-state index contributed by atoms with van der Waals surface area (Å²) in [6.45, 7) is 1.42. The Morgan fingerprint density at radius 2 is 1.61 bits per heavy atom. The molecule has 0 saturated heterocycles. The topological polar surface area (TPSA) is 66.8 Å². The smallest absolute Gasteiger partial charge is 0.410 e. The van der Waals surface area contributed by atoms with Gasteiger partial charge in [-0.2, -0.15) is 0 Å². The van der Waals surface area contributed by atoms with E-state index in [1.807, 2.05) is 48.5 Å². The molecule has 1 amide bonds. The fourth-order valence-electron chi connectivity index (χ4n) is 4.00. The van der Waals surface area contributed by atoms with E-state index in [9.17, 15) is 19.1 Å². The second-order valence-electron chi connectivity index (χ2n) is 7.58. The summed E-state index contributed by atoms with van der Waals surface area (Å²) >= 11 is 0. The summed E-state index contributed by atoms with van der Waals surface area (Å²) in [4.78, 5) is 25.6. The van der Waals surface area contributed by atoms with Gasteiger partial charge in [-0.05, 0) is 46.9 Å². The largest absolute Gasteiger partial charge is 0.480 e. The number of benzene rings is 3. The average Bonchev–Trinajstić information content (AvgIpc) is 3.09. The van der Waals surface area contributed by atoms with Crippen LogP contribution in [0.3, 0.4) is 0 Å². The number of ether oxygens (including phenoxy) is 1. The molecule has 3 aromatic rings. The SMILES string of the molecule is CC(C(=O)O)N(Cc1cccc(F)c1)C(=O)OCC1c2ccccc2-c2ccccc21. The summed E-state index contributed by atoms with van der Waals surface area (Å²) in [5.41, 5.74) is 4.84. The summed E-state index contributed by atoms with van der Waals surface area (Å²) in [6.07, 6.45) is -0.749. The first-order valence-corrected chi connectivity index (χ1v) is 10.0. The zero-order valence-electron chi connectivity index (χ0n) is 17.0. The van der Waals surface area contributed by atoms with Gasteiger partial charge in [-0.1, -0.05) is 60.7 Å². The summed E-state index contributed by atoms with van der Waals surface area (Å²) in [5, 5.41) is 9.45. The molecule has 0 radical (unpaired) electrons. The first-order chi connectivity index (χ1) is 15.0. The van der Waals surface area contributed by atoms with Crippen LogP contribution in [-0.4, -0.2) is 34.7 Å². The van der Waals surface area contributed by atoms with Crippen molar-refractivity contribution in [1.29, 1.82) is 0 Å². The van der Waals surface area contributed by atoms with Gasteiger partial charge in [-0.3, -0.25) is 4.90 Å². The molecule has 158 valence electrons. The highest BCUT2D eigenvalue weighted by molar-refractivity contribution is 5.81. The van der Waals surface area contributed by atoms with Crippen molar-refractivity contribution in [2.24, 2.45) is 0 Å². The second-order valence-corrected chi connectivity index (χ2v) is 7.58. The third kappa shape index (κ3) is 4.14. The van der Waals surface area contributed by atoms with Gasteiger partial charge in [-0.15, -0.1) is 0 Å². The average molecular weight is 419 g/mol. The maximum atomic E-state index is 13.6. The van der Waals surface area contributed by atoms with Crippen molar-refractivity contribution in [3.8, 4) is 11.1 Å². The number of carboxylic acids is 1. The van der Waals surface area contributed by atoms with E-state index in [1.54, 1.807) is 6.07 Å². The molecule has 0 aromatic heterocycles. The van der Waals surface area contributed by atoms with Crippen LogP contribution in [0, 0.1) is 5.82 Å². The molecule has 0 saturated carbocycles. The number of nitrogens with zero attached hydrogens (tertiary/aromatic N) is 1. The van der Waals surface area contributed by atoms with Gasteiger partial charge in [0.2, 0.25) is 0 Å². The Bertz CT molecular complexity index is 1080. The number of carbonyl (C=O) groups is 2. The van der Waals surface area contributed by atoms with E-state index in [1.165, 1.54) is 25.1 Å². The first-order valence-electron chi connectivity index (χ1n) is 10.0. The number of amides is 1. The normalized spacial score (nSPS) is 13.2. The third-order valence-electron chi connectivity index (χ3n) is 5.64. The lowest BCUT2D eigenvalue weighted by Gasteiger charge is -2.27. The number of carboxylic acid groups (broad SMARTS) is 1. The van der Waals surface area contributed by atoms with E-state index in [2.05, 4.69) is 0 Å². The summed E-state index contributed by atoms with van der Waals surface area (Å²) in [5.74, 6) is -1.75. The van der Waals surface area contributed by atoms with E-state index in [-0.39, 0.29) is 19.1 Å². The zero-order chi connectivity index (χ0) is 22.0. The Labute approximate surface area is 179 Å². The van der Waals surface area contributed by atoms with E-state index in [0.29, 0.717) is 5.56 Å². The molecular weight excluding hydrogens is 397 g/mol. The Morgan fingerprint density at radius 1 is 1.00 bits per heavy atom. The zero-order valence-corrected chi connectivity index (χ0v) is 17.0. The molecule has 0 heterocycles. The van der Waals surface area contributed by atoms with Crippen LogP contribution in [0.5, 0.6) is 0 Å². The summed E-state index contributed by atoms with van der Waals surface area (Å²) in [7, 11) is 0. The number of fused-ring (bicyclic) bond motifs is 3. The van der Waals surface area contributed by atoms with Crippen molar-refractivity contribution >= 4 is 12.1 Å². The van der Waals surface area contributed by atoms with Crippen LogP contribution in [0.15, 0.2) is 72.8 Å². The molecule has 4 rings (SSSR count). The van der Waals surface area contributed by atoms with Gasteiger partial charge in [0.15, 0.2) is 0 Å². The predicted octanol–water partition coefficient (Wildman–Crippen LogP) is 5.05. The number of halogens is 1. The van der Waals surface area contributed by atoms with Crippen LogP contribution in [-0.2, 0) is 16.1 Å². The highest BCUT2D eigenvalue weighted by Gasteiger charge is 2.31. The number of aliphatic carboxylic acids is 1. The number of carbonyl (C=O) groups excluding carboxylic acids is 1. The van der Waals surface area contributed by atoms with Crippen LogP contribution >= 0.6 is 0 Å². The maximum Gasteiger partial charge on any atom is 0.410 e. The maximum absolute atomic E-state index is 13.6. The highest BCUT2D eigenvalue weighted by Crippen LogP contribution is 2.44. The lowest BCUT2D eigenvalue weighted by molar-refractivity contribution is -0.142. The molecule has 1 atom stereocenters. The molecule has 1 aliphatic carbocycles. The number of hydrogen-bond acceptors (Lipinski definition) is 3. The van der Waals surface area contributed by atoms with E-state index in [0.717, 1.165) is 27.2 Å². The van der Waals surface area contributed by atoms with Gasteiger partial charge in [0.05, 0.1) is 6.54 Å². The van der Waals surface area contributed by atoms with E-state index < -0.39 is 23.9 Å². The number of rotatable bonds is 6. The highest BCUT2D eigenvalue weighted by atomic mass is 19.1. The molecule has 0 fully saturated rings. The van der Waals surface area contributed by atoms with Gasteiger partial charge >= 0.3 is 12.1 Å². The Kier molecular flexibility index (Phi) is 5.71. The van der Waals surface area contributed by atoms with Gasteiger partial charge in [0.25, 0.3) is 0 Å². The molecule has 0 bridgehead atoms. The predicted molar refractivity (Wildman–Crippen MR) is 114 cm³/mol.